The van der Waals surface area contributed by atoms with Gasteiger partial charge in [-0.1, -0.05) is 13.8 Å². The van der Waals surface area contributed by atoms with Gasteiger partial charge in [0.05, 0.1) is 5.92 Å². The highest BCUT2D eigenvalue weighted by atomic mass is 16.2. The van der Waals surface area contributed by atoms with Crippen LogP contribution in [0.1, 0.15) is 13.8 Å². The van der Waals surface area contributed by atoms with Crippen LogP contribution in [0.2, 0.25) is 0 Å². The zero-order chi connectivity index (χ0) is 12.1. The molecule has 1 N–H and O–H groups in total. The fraction of sp³-hybridized carbons (Fsp3) is 0.917. The number of likely N-dealkylation sites (N-methyl/N-ethyl adjacent to an activating group) is 1. The molecule has 1 heterocycles. The molecule has 1 amide bonds. The fourth-order valence-electron chi connectivity index (χ4n) is 2.09. The van der Waals surface area contributed by atoms with E-state index in [4.69, 9.17) is 0 Å². The van der Waals surface area contributed by atoms with Gasteiger partial charge in [-0.15, -0.1) is 0 Å². The first-order valence-corrected chi connectivity index (χ1v) is 6.18. The minimum atomic E-state index is 0.119. The van der Waals surface area contributed by atoms with Gasteiger partial charge in [-0.2, -0.15) is 0 Å². The van der Waals surface area contributed by atoms with Gasteiger partial charge in [-0.05, 0) is 20.0 Å². The lowest BCUT2D eigenvalue weighted by Gasteiger charge is -2.35. The molecule has 0 aromatic rings. The fourth-order valence-corrected chi connectivity index (χ4v) is 2.09. The predicted molar refractivity (Wildman–Crippen MR) is 66.3 cm³/mol. The number of amides is 1. The van der Waals surface area contributed by atoms with E-state index >= 15 is 0 Å². The molecular formula is C12H25N3O. The first-order chi connectivity index (χ1) is 7.56. The summed E-state index contributed by atoms with van der Waals surface area (Å²) < 4.78 is 0. The monoisotopic (exact) mass is 227 g/mol. The van der Waals surface area contributed by atoms with Crippen LogP contribution >= 0.6 is 0 Å². The first-order valence-electron chi connectivity index (χ1n) is 6.18. The van der Waals surface area contributed by atoms with Crippen LogP contribution in [0.15, 0.2) is 0 Å². The maximum Gasteiger partial charge on any atom is 0.227 e. The number of nitrogens with one attached hydrogen (secondary N) is 1. The summed E-state index contributed by atoms with van der Waals surface area (Å²) in [4.78, 5) is 16.6. The molecule has 0 spiro atoms. The summed E-state index contributed by atoms with van der Waals surface area (Å²) in [5.41, 5.74) is 0. The zero-order valence-corrected chi connectivity index (χ0v) is 11.0. The minimum absolute atomic E-state index is 0.119. The van der Waals surface area contributed by atoms with Crippen molar-refractivity contribution >= 4 is 5.91 Å². The van der Waals surface area contributed by atoms with Crippen molar-refractivity contribution in [2.45, 2.75) is 13.8 Å². The maximum absolute atomic E-state index is 12.3. The normalized spacial score (nSPS) is 20.2. The molecule has 1 aliphatic rings. The molecular weight excluding hydrogens is 202 g/mol. The number of hydrogen-bond donors (Lipinski definition) is 1. The highest BCUT2D eigenvalue weighted by molar-refractivity contribution is 5.79. The second kappa shape index (κ2) is 6.21. The summed E-state index contributed by atoms with van der Waals surface area (Å²) >= 11 is 0. The van der Waals surface area contributed by atoms with E-state index < -0.39 is 0 Å². The number of carbonyl (C=O) groups is 1. The van der Waals surface area contributed by atoms with Gasteiger partial charge in [0.2, 0.25) is 5.91 Å². The molecule has 0 aliphatic carbocycles. The average molecular weight is 227 g/mol. The van der Waals surface area contributed by atoms with Gasteiger partial charge < -0.3 is 15.1 Å². The first kappa shape index (κ1) is 13.5. The van der Waals surface area contributed by atoms with Crippen molar-refractivity contribution in [3.8, 4) is 0 Å². The lowest BCUT2D eigenvalue weighted by atomic mass is 9.94. The molecule has 4 heteroatoms. The van der Waals surface area contributed by atoms with E-state index in [1.807, 2.05) is 11.9 Å². The third-order valence-electron chi connectivity index (χ3n) is 3.36. The second-order valence-corrected chi connectivity index (χ2v) is 5.04. The molecule has 1 saturated heterocycles. The van der Waals surface area contributed by atoms with Crippen molar-refractivity contribution in [1.82, 2.24) is 15.1 Å². The molecule has 16 heavy (non-hydrogen) atoms. The van der Waals surface area contributed by atoms with Crippen molar-refractivity contribution in [2.24, 2.45) is 11.8 Å². The number of hydrogen-bond acceptors (Lipinski definition) is 3. The average Bonchev–Trinajstić information content (AvgIpc) is 2.25. The summed E-state index contributed by atoms with van der Waals surface area (Å²) in [6, 6.07) is 0. The van der Waals surface area contributed by atoms with E-state index in [9.17, 15) is 4.79 Å². The Morgan fingerprint density at radius 3 is 2.25 bits per heavy atom. The van der Waals surface area contributed by atoms with E-state index in [-0.39, 0.29) is 5.92 Å². The van der Waals surface area contributed by atoms with Crippen LogP contribution in [0.4, 0.5) is 0 Å². The summed E-state index contributed by atoms with van der Waals surface area (Å²) in [5.74, 6) is 0.838. The molecule has 4 nitrogen and oxygen atoms in total. The summed E-state index contributed by atoms with van der Waals surface area (Å²) in [7, 11) is 4.02. The second-order valence-electron chi connectivity index (χ2n) is 5.04. The van der Waals surface area contributed by atoms with Crippen molar-refractivity contribution in [3.05, 3.63) is 0 Å². The lowest BCUT2D eigenvalue weighted by molar-refractivity contribution is -0.138. The van der Waals surface area contributed by atoms with Crippen molar-refractivity contribution in [2.75, 3.05) is 46.8 Å². The molecule has 1 unspecified atom stereocenters. The lowest BCUT2D eigenvalue weighted by Crippen LogP contribution is -2.51. The third-order valence-corrected chi connectivity index (χ3v) is 3.36. The van der Waals surface area contributed by atoms with E-state index in [0.717, 1.165) is 32.7 Å². The molecule has 1 aliphatic heterocycles. The van der Waals surface area contributed by atoms with Gasteiger partial charge in [-0.25, -0.2) is 0 Å². The molecule has 1 fully saturated rings. The van der Waals surface area contributed by atoms with Gasteiger partial charge in [0.1, 0.15) is 0 Å². The largest absolute Gasteiger partial charge is 0.340 e. The number of piperazine rings is 1. The smallest absolute Gasteiger partial charge is 0.227 e. The Morgan fingerprint density at radius 1 is 1.25 bits per heavy atom. The van der Waals surface area contributed by atoms with Crippen LogP contribution in [0.3, 0.4) is 0 Å². The molecule has 0 aromatic carbocycles. The molecule has 1 atom stereocenters. The van der Waals surface area contributed by atoms with Crippen LogP contribution in [-0.4, -0.2) is 62.5 Å². The van der Waals surface area contributed by atoms with Crippen LogP contribution in [0, 0.1) is 11.8 Å². The number of rotatable bonds is 4. The van der Waals surface area contributed by atoms with Crippen LogP contribution in [0.25, 0.3) is 0 Å². The topological polar surface area (TPSA) is 35.6 Å². The number of carbonyl (C=O) groups excluding carboxylic acids is 1. The summed E-state index contributed by atoms with van der Waals surface area (Å²) in [6.45, 7) is 8.77. The van der Waals surface area contributed by atoms with Gasteiger partial charge in [-0.3, -0.25) is 4.79 Å². The maximum atomic E-state index is 12.3. The molecule has 0 radical (unpaired) electrons. The quantitative estimate of drug-likeness (QED) is 0.748. The molecule has 0 bridgehead atoms. The Labute approximate surface area is 99.0 Å². The Balaban J connectivity index is 2.53. The minimum Gasteiger partial charge on any atom is -0.340 e. The Bertz CT molecular complexity index is 222. The van der Waals surface area contributed by atoms with Crippen molar-refractivity contribution in [1.29, 1.82) is 0 Å². The van der Waals surface area contributed by atoms with Crippen molar-refractivity contribution < 1.29 is 4.79 Å². The van der Waals surface area contributed by atoms with Gasteiger partial charge in [0, 0.05) is 32.7 Å². The summed E-state index contributed by atoms with van der Waals surface area (Å²) in [5, 5.41) is 3.12. The van der Waals surface area contributed by atoms with Crippen LogP contribution < -0.4 is 5.32 Å². The predicted octanol–water partition coefficient (Wildman–Crippen LogP) is 0.252. The molecule has 0 aromatic heterocycles. The Kier molecular flexibility index (Phi) is 5.22. The van der Waals surface area contributed by atoms with Crippen molar-refractivity contribution in [3.63, 3.8) is 0 Å². The standard InChI is InChI=1S/C12H25N3O/c1-10(2)11(9-13-3)12(16)15-7-5-14(4)6-8-15/h10-11,13H,5-9H2,1-4H3. The SMILES string of the molecule is CNCC(C(=O)N1CCN(C)CC1)C(C)C. The van der Waals surface area contributed by atoms with Gasteiger partial charge in [0.15, 0.2) is 0 Å². The van der Waals surface area contributed by atoms with E-state index in [2.05, 4.69) is 31.1 Å². The van der Waals surface area contributed by atoms with E-state index in [0.29, 0.717) is 11.8 Å². The highest BCUT2D eigenvalue weighted by Crippen LogP contribution is 2.14. The van der Waals surface area contributed by atoms with Gasteiger partial charge >= 0.3 is 0 Å². The molecule has 1 rings (SSSR count). The van der Waals surface area contributed by atoms with Gasteiger partial charge in [0.25, 0.3) is 0 Å². The summed E-state index contributed by atoms with van der Waals surface area (Å²) in [6.07, 6.45) is 0. The highest BCUT2D eigenvalue weighted by Gasteiger charge is 2.28. The van der Waals surface area contributed by atoms with Crippen LogP contribution in [0.5, 0.6) is 0 Å². The molecule has 0 saturated carbocycles. The Morgan fingerprint density at radius 2 is 1.81 bits per heavy atom. The zero-order valence-electron chi connectivity index (χ0n) is 11.0. The number of nitrogens with zero attached hydrogens (tertiary/aromatic N) is 2. The van der Waals surface area contributed by atoms with E-state index in [1.54, 1.807) is 0 Å². The van der Waals surface area contributed by atoms with Crippen LogP contribution in [-0.2, 0) is 4.79 Å². The third kappa shape index (κ3) is 3.46. The van der Waals surface area contributed by atoms with E-state index in [1.165, 1.54) is 0 Å². The molecule has 94 valence electrons. The Hall–Kier alpha value is -0.610.